The van der Waals surface area contributed by atoms with Gasteiger partial charge in [0.15, 0.2) is 0 Å². The maximum Gasteiger partial charge on any atom is 0.408 e. The van der Waals surface area contributed by atoms with Gasteiger partial charge in [0, 0.05) is 0 Å². The van der Waals surface area contributed by atoms with Gasteiger partial charge in [0.05, 0.1) is 6.61 Å². The lowest BCUT2D eigenvalue weighted by Crippen LogP contribution is -2.44. The molecule has 0 aliphatic carbocycles. The number of hydrogen-bond acceptors (Lipinski definition) is 4. The van der Waals surface area contributed by atoms with Crippen molar-refractivity contribution in [3.05, 3.63) is 12.7 Å². The van der Waals surface area contributed by atoms with Gasteiger partial charge < -0.3 is 14.8 Å². The minimum Gasteiger partial charge on any atom is -0.464 e. The molecular weight excluding hydrogens is 330 g/mol. The molecule has 1 amide bonds. The number of rotatable bonds is 15. The molecule has 0 spiro atoms. The fraction of sp³-hybridized carbons (Fsp3) is 0.810. The van der Waals surface area contributed by atoms with Crippen molar-refractivity contribution in [2.45, 2.75) is 97.6 Å². The van der Waals surface area contributed by atoms with E-state index in [0.717, 1.165) is 32.1 Å². The number of allylic oxidation sites excluding steroid dienone is 1. The van der Waals surface area contributed by atoms with Crippen molar-refractivity contribution < 1.29 is 19.1 Å². The molecule has 0 heterocycles. The van der Waals surface area contributed by atoms with Crippen molar-refractivity contribution in [2.75, 3.05) is 6.61 Å². The SMILES string of the molecule is C=CCCC(CCCCCCC)OC(=O)N[C@@H](CC(C)C)C(=O)OCC. The third-order valence-corrected chi connectivity index (χ3v) is 4.17. The molecule has 1 unspecified atom stereocenters. The molecule has 0 radical (unpaired) electrons. The smallest absolute Gasteiger partial charge is 0.408 e. The average Bonchev–Trinajstić information content (AvgIpc) is 2.58. The zero-order valence-corrected chi connectivity index (χ0v) is 17.2. The van der Waals surface area contributed by atoms with Gasteiger partial charge in [-0.15, -0.1) is 6.58 Å². The molecule has 2 atom stereocenters. The van der Waals surface area contributed by atoms with Crippen LogP contribution in [-0.4, -0.2) is 30.8 Å². The summed E-state index contributed by atoms with van der Waals surface area (Å²) < 4.78 is 10.6. The Labute approximate surface area is 159 Å². The summed E-state index contributed by atoms with van der Waals surface area (Å²) in [5, 5.41) is 2.69. The van der Waals surface area contributed by atoms with Gasteiger partial charge in [0.2, 0.25) is 0 Å². The Balaban J connectivity index is 4.55. The van der Waals surface area contributed by atoms with Gasteiger partial charge in [-0.25, -0.2) is 9.59 Å². The fourth-order valence-corrected chi connectivity index (χ4v) is 2.80. The van der Waals surface area contributed by atoms with E-state index < -0.39 is 18.1 Å². The summed E-state index contributed by atoms with van der Waals surface area (Å²) >= 11 is 0. The molecule has 152 valence electrons. The summed E-state index contributed by atoms with van der Waals surface area (Å²) in [6, 6.07) is -0.660. The predicted octanol–water partition coefficient (Wildman–Crippen LogP) is 5.39. The lowest BCUT2D eigenvalue weighted by molar-refractivity contribution is -0.146. The second-order valence-electron chi connectivity index (χ2n) is 7.17. The van der Waals surface area contributed by atoms with E-state index in [4.69, 9.17) is 9.47 Å². The van der Waals surface area contributed by atoms with Crippen LogP contribution in [0.2, 0.25) is 0 Å². The zero-order chi connectivity index (χ0) is 19.8. The summed E-state index contributed by atoms with van der Waals surface area (Å²) in [7, 11) is 0. The number of amides is 1. The first kappa shape index (κ1) is 24.5. The van der Waals surface area contributed by atoms with Crippen LogP contribution >= 0.6 is 0 Å². The van der Waals surface area contributed by atoms with Crippen LogP contribution in [0.1, 0.15) is 85.5 Å². The minimum absolute atomic E-state index is 0.142. The van der Waals surface area contributed by atoms with E-state index >= 15 is 0 Å². The number of nitrogens with one attached hydrogen (secondary N) is 1. The van der Waals surface area contributed by atoms with E-state index in [2.05, 4.69) is 18.8 Å². The van der Waals surface area contributed by atoms with E-state index in [1.54, 1.807) is 6.92 Å². The van der Waals surface area contributed by atoms with Gasteiger partial charge in [0.25, 0.3) is 0 Å². The van der Waals surface area contributed by atoms with Crippen molar-refractivity contribution in [3.8, 4) is 0 Å². The minimum atomic E-state index is -0.660. The Kier molecular flexibility index (Phi) is 14.8. The van der Waals surface area contributed by atoms with Crippen LogP contribution < -0.4 is 5.32 Å². The summed E-state index contributed by atoms with van der Waals surface area (Å²) in [5.41, 5.74) is 0. The van der Waals surface area contributed by atoms with Crippen LogP contribution in [0.5, 0.6) is 0 Å². The van der Waals surface area contributed by atoms with E-state index in [9.17, 15) is 9.59 Å². The number of carbonyl (C=O) groups is 2. The Hall–Kier alpha value is -1.52. The number of ether oxygens (including phenoxy) is 2. The molecule has 1 N–H and O–H groups in total. The van der Waals surface area contributed by atoms with Crippen LogP contribution in [0.25, 0.3) is 0 Å². The molecule has 5 nitrogen and oxygen atoms in total. The zero-order valence-electron chi connectivity index (χ0n) is 17.2. The molecule has 0 aliphatic heterocycles. The Bertz CT molecular complexity index is 395. The van der Waals surface area contributed by atoms with Crippen LogP contribution in [0, 0.1) is 5.92 Å². The highest BCUT2D eigenvalue weighted by Gasteiger charge is 2.25. The molecule has 0 aromatic heterocycles. The number of unbranched alkanes of at least 4 members (excludes halogenated alkanes) is 4. The van der Waals surface area contributed by atoms with Crippen molar-refractivity contribution in [2.24, 2.45) is 5.92 Å². The summed E-state index contributed by atoms with van der Waals surface area (Å²) in [6.07, 6.45) is 9.98. The average molecular weight is 370 g/mol. The lowest BCUT2D eigenvalue weighted by Gasteiger charge is -2.22. The Morgan fingerprint density at radius 1 is 1.08 bits per heavy atom. The topological polar surface area (TPSA) is 64.6 Å². The maximum atomic E-state index is 12.3. The molecule has 5 heteroatoms. The molecule has 0 aromatic rings. The highest BCUT2D eigenvalue weighted by atomic mass is 16.6. The second kappa shape index (κ2) is 15.7. The number of hydrogen-bond donors (Lipinski definition) is 1. The van der Waals surface area contributed by atoms with Crippen molar-refractivity contribution >= 4 is 12.1 Å². The number of carbonyl (C=O) groups excluding carboxylic acids is 2. The fourth-order valence-electron chi connectivity index (χ4n) is 2.80. The van der Waals surface area contributed by atoms with Crippen molar-refractivity contribution in [3.63, 3.8) is 0 Å². The maximum absolute atomic E-state index is 12.3. The van der Waals surface area contributed by atoms with Gasteiger partial charge >= 0.3 is 12.1 Å². The highest BCUT2D eigenvalue weighted by molar-refractivity contribution is 5.81. The second-order valence-corrected chi connectivity index (χ2v) is 7.17. The molecule has 0 saturated carbocycles. The molecular formula is C21H39NO4. The Morgan fingerprint density at radius 2 is 1.77 bits per heavy atom. The van der Waals surface area contributed by atoms with E-state index in [-0.39, 0.29) is 12.0 Å². The van der Waals surface area contributed by atoms with Gasteiger partial charge in [-0.05, 0) is 44.9 Å². The lowest BCUT2D eigenvalue weighted by atomic mass is 10.0. The first-order valence-electron chi connectivity index (χ1n) is 10.2. The molecule has 26 heavy (non-hydrogen) atoms. The largest absolute Gasteiger partial charge is 0.464 e. The summed E-state index contributed by atoms with van der Waals surface area (Å²) in [6.45, 7) is 12.0. The van der Waals surface area contributed by atoms with Crippen molar-refractivity contribution in [1.82, 2.24) is 5.32 Å². The predicted molar refractivity (Wildman–Crippen MR) is 106 cm³/mol. The number of esters is 1. The van der Waals surface area contributed by atoms with Gasteiger partial charge in [0.1, 0.15) is 12.1 Å². The third-order valence-electron chi connectivity index (χ3n) is 4.17. The third kappa shape index (κ3) is 12.8. The van der Waals surface area contributed by atoms with Gasteiger partial charge in [-0.3, -0.25) is 0 Å². The summed E-state index contributed by atoms with van der Waals surface area (Å²) in [4.78, 5) is 24.3. The van der Waals surface area contributed by atoms with Crippen LogP contribution in [0.3, 0.4) is 0 Å². The van der Waals surface area contributed by atoms with Gasteiger partial charge in [-0.2, -0.15) is 0 Å². The molecule has 0 fully saturated rings. The highest BCUT2D eigenvalue weighted by Crippen LogP contribution is 2.15. The molecule has 0 rings (SSSR count). The molecule has 0 aromatic carbocycles. The standard InChI is InChI=1S/C21H39NO4/c1-6-9-11-12-13-15-18(14-10-7-2)26-21(24)22-19(16-17(4)5)20(23)25-8-3/h7,17-19H,2,6,8-16H2,1,3-5H3,(H,22,24)/t18?,19-/m0/s1. The monoisotopic (exact) mass is 369 g/mol. The van der Waals surface area contributed by atoms with Gasteiger partial charge in [-0.1, -0.05) is 52.5 Å². The van der Waals surface area contributed by atoms with E-state index in [1.165, 1.54) is 19.3 Å². The molecule has 0 bridgehead atoms. The quantitative estimate of drug-likeness (QED) is 0.239. The van der Waals surface area contributed by atoms with Crippen molar-refractivity contribution in [1.29, 1.82) is 0 Å². The molecule has 0 saturated heterocycles. The molecule has 0 aliphatic rings. The van der Waals surface area contributed by atoms with Crippen LogP contribution in [-0.2, 0) is 14.3 Å². The van der Waals surface area contributed by atoms with Crippen LogP contribution in [0.15, 0.2) is 12.7 Å². The summed E-state index contributed by atoms with van der Waals surface area (Å²) in [5.74, 6) is -0.139. The first-order chi connectivity index (χ1) is 12.4. The van der Waals surface area contributed by atoms with Crippen LogP contribution in [0.4, 0.5) is 4.79 Å². The van der Waals surface area contributed by atoms with E-state index in [1.807, 2.05) is 19.9 Å². The Morgan fingerprint density at radius 3 is 2.35 bits per heavy atom. The first-order valence-corrected chi connectivity index (χ1v) is 10.2. The number of alkyl carbamates (subject to hydrolysis) is 1. The normalized spacial score (nSPS) is 13.1. The van der Waals surface area contributed by atoms with E-state index in [0.29, 0.717) is 13.0 Å².